The topological polar surface area (TPSA) is 253 Å². The summed E-state index contributed by atoms with van der Waals surface area (Å²) in [6, 6.07) is 0.444. The number of thiazole rings is 1. The fraction of sp³-hybridized carbons (Fsp3) is 0.391. The molecule has 42 heavy (non-hydrogen) atoms. The van der Waals surface area contributed by atoms with Crippen molar-refractivity contribution in [2.24, 2.45) is 5.16 Å². The molecular weight excluding hydrogens is 611 g/mol. The Morgan fingerprint density at radius 2 is 2.00 bits per heavy atom. The molecule has 0 aromatic carbocycles. The lowest BCUT2D eigenvalue weighted by molar-refractivity contribution is -0.719. The van der Waals surface area contributed by atoms with E-state index in [4.69, 9.17) is 22.0 Å². The largest absolute Gasteiger partial charge is 0.478 e. The van der Waals surface area contributed by atoms with Crippen molar-refractivity contribution in [2.75, 3.05) is 28.7 Å². The molecule has 0 spiro atoms. The van der Waals surface area contributed by atoms with Crippen LogP contribution in [0, 0.1) is 0 Å². The van der Waals surface area contributed by atoms with Crippen LogP contribution in [0.15, 0.2) is 33.0 Å². The number of carbonyl (C=O) groups excluding carboxylic acids is 2. The van der Waals surface area contributed by atoms with Crippen LogP contribution in [0.4, 0.5) is 16.8 Å². The van der Waals surface area contributed by atoms with Gasteiger partial charge in [0.2, 0.25) is 17.2 Å². The third kappa shape index (κ3) is 6.07. The molecule has 1 saturated heterocycles. The molecule has 9 N–H and O–H groups in total. The van der Waals surface area contributed by atoms with E-state index in [2.05, 4.69) is 20.4 Å². The number of aromatic nitrogens is 3. The number of carbonyl (C=O) groups is 4. The van der Waals surface area contributed by atoms with Crippen LogP contribution in [-0.2, 0) is 30.6 Å². The molecule has 2 aliphatic rings. The smallest absolute Gasteiger partial charge is 0.352 e. The van der Waals surface area contributed by atoms with E-state index in [1.165, 1.54) is 48.8 Å². The molecule has 2 unspecified atom stereocenters. The normalized spacial score (nSPS) is 18.8. The summed E-state index contributed by atoms with van der Waals surface area (Å²) in [6.45, 7) is 4.88. The SMILES string of the molecule is CC[n+]1c(N)cc(N)nc1SCC1=C(C(=O)O)N2C(=O)C(NC(=O)/C(=N\OC(C)(C)C(=O)O)c3csc(N)n3)C2SC1. The summed E-state index contributed by atoms with van der Waals surface area (Å²) in [5.41, 5.74) is 15.7. The van der Waals surface area contributed by atoms with E-state index in [0.717, 1.165) is 16.2 Å². The number of nitrogens with zero attached hydrogens (tertiary/aromatic N) is 5. The number of aliphatic carboxylic acids is 2. The lowest BCUT2D eigenvalue weighted by Gasteiger charge is -2.49. The predicted molar refractivity (Wildman–Crippen MR) is 155 cm³/mol. The maximum atomic E-state index is 13.2. The molecule has 224 valence electrons. The molecule has 2 aromatic heterocycles. The molecule has 0 aliphatic carbocycles. The van der Waals surface area contributed by atoms with E-state index in [1.807, 2.05) is 6.92 Å². The summed E-state index contributed by atoms with van der Waals surface area (Å²) in [5, 5.41) is 26.9. The number of nitrogens with one attached hydrogen (secondary N) is 1. The van der Waals surface area contributed by atoms with Gasteiger partial charge in [0.25, 0.3) is 11.8 Å². The van der Waals surface area contributed by atoms with Crippen molar-refractivity contribution in [1.29, 1.82) is 0 Å². The first-order chi connectivity index (χ1) is 19.7. The molecule has 2 atom stereocenters. The number of carboxylic acid groups (broad SMARTS) is 2. The first-order valence-electron chi connectivity index (χ1n) is 12.3. The Morgan fingerprint density at radius 3 is 2.60 bits per heavy atom. The number of oxime groups is 1. The Labute approximate surface area is 251 Å². The van der Waals surface area contributed by atoms with Gasteiger partial charge >= 0.3 is 17.1 Å². The van der Waals surface area contributed by atoms with Gasteiger partial charge in [-0.15, -0.1) is 23.1 Å². The second-order valence-electron chi connectivity index (χ2n) is 9.46. The average Bonchev–Trinajstić information content (AvgIpc) is 3.35. The Balaban J connectivity index is 1.54. The molecule has 4 heterocycles. The fourth-order valence-corrected chi connectivity index (χ4v) is 7.05. The van der Waals surface area contributed by atoms with Crippen LogP contribution < -0.4 is 27.1 Å². The van der Waals surface area contributed by atoms with Crippen molar-refractivity contribution in [3.8, 4) is 0 Å². The zero-order chi connectivity index (χ0) is 30.9. The second kappa shape index (κ2) is 12.0. The highest BCUT2D eigenvalue weighted by Gasteiger charge is 2.54. The number of carboxylic acids is 2. The van der Waals surface area contributed by atoms with E-state index < -0.39 is 46.5 Å². The molecule has 2 aliphatic heterocycles. The minimum Gasteiger partial charge on any atom is -0.478 e. The van der Waals surface area contributed by atoms with Gasteiger partial charge in [-0.2, -0.15) is 0 Å². The van der Waals surface area contributed by atoms with Crippen LogP contribution in [-0.4, -0.2) is 83.1 Å². The van der Waals surface area contributed by atoms with Crippen molar-refractivity contribution in [1.82, 2.24) is 20.2 Å². The molecular formula is C23H28N9O7S3+. The van der Waals surface area contributed by atoms with Gasteiger partial charge in [-0.3, -0.25) is 14.5 Å². The molecule has 4 rings (SSSR count). The van der Waals surface area contributed by atoms with E-state index in [0.29, 0.717) is 23.1 Å². The van der Waals surface area contributed by atoms with Crippen molar-refractivity contribution < 1.29 is 38.8 Å². The number of hydrogen-bond acceptors (Lipinski definition) is 14. The highest BCUT2D eigenvalue weighted by atomic mass is 32.2. The van der Waals surface area contributed by atoms with Crippen molar-refractivity contribution in [2.45, 2.75) is 49.5 Å². The van der Waals surface area contributed by atoms with Crippen molar-refractivity contribution in [3.05, 3.63) is 28.4 Å². The first kappa shape index (κ1) is 30.8. The minimum absolute atomic E-state index is 0.0154. The third-order valence-electron chi connectivity index (χ3n) is 6.15. The maximum Gasteiger partial charge on any atom is 0.352 e. The number of β-lactam (4-membered cyclic amide) rings is 1. The quantitative estimate of drug-likeness (QED) is 0.0462. The van der Waals surface area contributed by atoms with Gasteiger partial charge in [0.15, 0.2) is 10.8 Å². The summed E-state index contributed by atoms with van der Waals surface area (Å²) < 4.78 is 1.73. The molecule has 16 nitrogen and oxygen atoms in total. The van der Waals surface area contributed by atoms with Crippen molar-refractivity contribution in [3.63, 3.8) is 0 Å². The third-order valence-corrected chi connectivity index (χ3v) is 9.23. The van der Waals surface area contributed by atoms with Gasteiger partial charge < -0.3 is 37.6 Å². The fourth-order valence-electron chi connectivity index (χ4n) is 3.93. The zero-order valence-corrected chi connectivity index (χ0v) is 25.0. The lowest BCUT2D eigenvalue weighted by atomic mass is 10.0. The molecule has 2 amide bonds. The van der Waals surface area contributed by atoms with Crippen LogP contribution in [0.1, 0.15) is 26.5 Å². The van der Waals surface area contributed by atoms with Crippen LogP contribution >= 0.6 is 34.9 Å². The lowest BCUT2D eigenvalue weighted by Crippen LogP contribution is -2.71. The monoisotopic (exact) mass is 638 g/mol. The highest BCUT2D eigenvalue weighted by molar-refractivity contribution is 8.01. The highest BCUT2D eigenvalue weighted by Crippen LogP contribution is 2.41. The van der Waals surface area contributed by atoms with Gasteiger partial charge in [-0.25, -0.2) is 19.1 Å². The molecule has 0 saturated carbocycles. The number of nitrogen functional groups attached to an aromatic ring is 3. The van der Waals surface area contributed by atoms with Gasteiger partial charge in [-0.1, -0.05) is 10.1 Å². The molecule has 1 fully saturated rings. The van der Waals surface area contributed by atoms with Gasteiger partial charge in [0.1, 0.15) is 22.8 Å². The van der Waals surface area contributed by atoms with Gasteiger partial charge in [0, 0.05) is 16.9 Å². The van der Waals surface area contributed by atoms with E-state index in [-0.39, 0.29) is 33.8 Å². The Bertz CT molecular complexity index is 1520. The summed E-state index contributed by atoms with van der Waals surface area (Å²) in [7, 11) is 0. The molecule has 2 aromatic rings. The van der Waals surface area contributed by atoms with Crippen LogP contribution in [0.3, 0.4) is 0 Å². The van der Waals surface area contributed by atoms with Crippen LogP contribution in [0.25, 0.3) is 0 Å². The minimum atomic E-state index is -1.77. The Morgan fingerprint density at radius 1 is 1.29 bits per heavy atom. The summed E-state index contributed by atoms with van der Waals surface area (Å²) in [6.07, 6.45) is 0. The predicted octanol–water partition coefficient (Wildman–Crippen LogP) is -0.293. The second-order valence-corrected chi connectivity index (χ2v) is 12.4. The summed E-state index contributed by atoms with van der Waals surface area (Å²) in [4.78, 5) is 64.7. The standard InChI is InChI=1S/C23H27N9O7S3/c1-4-31-12(25)5-11(24)28-22(31)42-7-9-6-40-18-14(17(34)32(18)15(9)19(35)36)29-16(33)13(10-8-41-21(26)27-10)30-39-23(2,3)20(37)38/h5,8,14,18H,4,6-7H2,1-3H3,(H8,24,25,26,27,29,33,35,36,37,38)/p+1/b30-13-. The number of thioether (sulfide) groups is 2. The first-order valence-corrected chi connectivity index (χ1v) is 15.2. The number of fused-ring (bicyclic) bond motifs is 1. The van der Waals surface area contributed by atoms with E-state index in [9.17, 15) is 29.4 Å². The Hall–Kier alpha value is -4.10. The molecule has 0 radical (unpaired) electrons. The molecule has 0 bridgehead atoms. The number of amides is 2. The van der Waals surface area contributed by atoms with E-state index in [1.54, 1.807) is 4.57 Å². The molecule has 19 heteroatoms. The Kier molecular flexibility index (Phi) is 8.83. The number of nitrogens with two attached hydrogens (primary N) is 3. The van der Waals surface area contributed by atoms with Crippen LogP contribution in [0.5, 0.6) is 0 Å². The number of rotatable bonds is 11. The zero-order valence-electron chi connectivity index (χ0n) is 22.6. The average molecular weight is 639 g/mol. The van der Waals surface area contributed by atoms with Gasteiger partial charge in [0.05, 0.1) is 12.6 Å². The number of anilines is 3. The van der Waals surface area contributed by atoms with E-state index >= 15 is 0 Å². The number of hydrogen-bond donors (Lipinski definition) is 6. The van der Waals surface area contributed by atoms with Gasteiger partial charge in [-0.05, 0) is 38.1 Å². The maximum absolute atomic E-state index is 13.2. The summed E-state index contributed by atoms with van der Waals surface area (Å²) in [5.74, 6) is -3.03. The van der Waals surface area contributed by atoms with Crippen LogP contribution in [0.2, 0.25) is 0 Å². The summed E-state index contributed by atoms with van der Waals surface area (Å²) >= 11 is 3.54. The van der Waals surface area contributed by atoms with Crippen molar-refractivity contribution >= 4 is 81.1 Å².